The molecule has 0 aliphatic carbocycles. The van der Waals surface area contributed by atoms with E-state index in [1.54, 1.807) is 30.6 Å². The maximum absolute atomic E-state index is 12.7. The largest absolute Gasteiger partial charge is 0.487 e. The molecule has 0 aliphatic heterocycles. The number of aromatic nitrogens is 3. The van der Waals surface area contributed by atoms with Crippen molar-refractivity contribution in [3.63, 3.8) is 0 Å². The van der Waals surface area contributed by atoms with Crippen molar-refractivity contribution in [3.05, 3.63) is 93.8 Å². The number of fused-ring (bicyclic) bond motifs is 1. The first kappa shape index (κ1) is 20.4. The van der Waals surface area contributed by atoms with Gasteiger partial charge in [0.05, 0.1) is 21.9 Å². The van der Waals surface area contributed by atoms with Crippen molar-refractivity contribution in [1.82, 2.24) is 14.1 Å². The first-order valence-corrected chi connectivity index (χ1v) is 9.75. The highest BCUT2D eigenvalue weighted by atomic mass is 35.5. The zero-order valence-corrected chi connectivity index (χ0v) is 17.3. The fourth-order valence-corrected chi connectivity index (χ4v) is 3.33. The third kappa shape index (κ3) is 4.51. The molecule has 1 N–H and O–H groups in total. The SMILES string of the molecule is Cn1c(/C=C/C(=O)O)cc2ccc(-n3ccc(OCc4ccc(Cl)cn4)cc3=O)cc21. The summed E-state index contributed by atoms with van der Waals surface area (Å²) in [5, 5.41) is 10.3. The van der Waals surface area contributed by atoms with Crippen LogP contribution in [0.2, 0.25) is 5.02 Å². The molecule has 8 heteroatoms. The van der Waals surface area contributed by atoms with Crippen molar-refractivity contribution in [2.75, 3.05) is 0 Å². The Balaban J connectivity index is 1.58. The molecule has 31 heavy (non-hydrogen) atoms. The van der Waals surface area contributed by atoms with E-state index in [2.05, 4.69) is 4.98 Å². The van der Waals surface area contributed by atoms with Gasteiger partial charge < -0.3 is 14.4 Å². The Hall–Kier alpha value is -3.84. The Kier molecular flexibility index (Phi) is 5.60. The number of halogens is 1. The number of aliphatic carboxylic acids is 1. The summed E-state index contributed by atoms with van der Waals surface area (Å²) in [5.74, 6) is -0.564. The van der Waals surface area contributed by atoms with Crippen molar-refractivity contribution >= 4 is 34.5 Å². The Labute approximate surface area is 182 Å². The van der Waals surface area contributed by atoms with Crippen LogP contribution in [0.5, 0.6) is 5.75 Å². The molecule has 156 valence electrons. The third-order valence-corrected chi connectivity index (χ3v) is 5.03. The highest BCUT2D eigenvalue weighted by Crippen LogP contribution is 2.23. The number of aryl methyl sites for hydroxylation is 1. The fraction of sp³-hybridized carbons (Fsp3) is 0.0870. The molecule has 3 aromatic heterocycles. The van der Waals surface area contributed by atoms with Gasteiger partial charge in [-0.25, -0.2) is 4.79 Å². The summed E-state index contributed by atoms with van der Waals surface area (Å²) in [6, 6.07) is 14.1. The van der Waals surface area contributed by atoms with Gasteiger partial charge in [0.25, 0.3) is 5.56 Å². The number of pyridine rings is 2. The minimum Gasteiger partial charge on any atom is -0.487 e. The van der Waals surface area contributed by atoms with E-state index < -0.39 is 5.97 Å². The topological polar surface area (TPSA) is 86.3 Å². The van der Waals surface area contributed by atoms with E-state index >= 15 is 0 Å². The summed E-state index contributed by atoms with van der Waals surface area (Å²) in [5.41, 5.74) is 2.79. The second-order valence-corrected chi connectivity index (χ2v) is 7.31. The van der Waals surface area contributed by atoms with E-state index in [4.69, 9.17) is 21.4 Å². The smallest absolute Gasteiger partial charge is 0.328 e. The number of benzene rings is 1. The van der Waals surface area contributed by atoms with Crippen LogP contribution in [-0.4, -0.2) is 25.2 Å². The molecular weight excluding hydrogens is 418 g/mol. The molecule has 1 aromatic carbocycles. The Morgan fingerprint density at radius 1 is 1.19 bits per heavy atom. The molecule has 4 rings (SSSR count). The zero-order chi connectivity index (χ0) is 22.0. The van der Waals surface area contributed by atoms with Crippen LogP contribution in [-0.2, 0) is 18.4 Å². The number of carbonyl (C=O) groups is 1. The van der Waals surface area contributed by atoms with E-state index in [1.165, 1.54) is 16.7 Å². The number of rotatable bonds is 6. The molecule has 0 radical (unpaired) electrons. The molecule has 0 spiro atoms. The molecule has 0 saturated carbocycles. The van der Waals surface area contributed by atoms with Crippen molar-refractivity contribution < 1.29 is 14.6 Å². The first-order valence-electron chi connectivity index (χ1n) is 9.37. The lowest BCUT2D eigenvalue weighted by Gasteiger charge is -2.09. The average molecular weight is 436 g/mol. The summed E-state index contributed by atoms with van der Waals surface area (Å²) < 4.78 is 9.06. The molecule has 0 amide bonds. The number of hydrogen-bond acceptors (Lipinski definition) is 4. The second kappa shape index (κ2) is 8.49. The number of carboxylic acids is 1. The lowest BCUT2D eigenvalue weighted by molar-refractivity contribution is -0.131. The van der Waals surface area contributed by atoms with Gasteiger partial charge >= 0.3 is 5.97 Å². The highest BCUT2D eigenvalue weighted by Gasteiger charge is 2.08. The van der Waals surface area contributed by atoms with Crippen LogP contribution >= 0.6 is 11.6 Å². The molecule has 0 aliphatic rings. The van der Waals surface area contributed by atoms with Crippen molar-refractivity contribution in [2.24, 2.45) is 7.05 Å². The maximum Gasteiger partial charge on any atom is 0.328 e. The van der Waals surface area contributed by atoms with E-state index in [-0.39, 0.29) is 12.2 Å². The van der Waals surface area contributed by atoms with Gasteiger partial charge in [-0.1, -0.05) is 17.7 Å². The van der Waals surface area contributed by atoms with Gasteiger partial charge in [0, 0.05) is 42.7 Å². The van der Waals surface area contributed by atoms with Crippen molar-refractivity contribution in [1.29, 1.82) is 0 Å². The molecule has 0 bridgehead atoms. The number of carboxylic acid groups (broad SMARTS) is 1. The minimum atomic E-state index is -1.01. The molecule has 7 nitrogen and oxygen atoms in total. The number of hydrogen-bond donors (Lipinski definition) is 1. The Morgan fingerprint density at radius 2 is 2.03 bits per heavy atom. The summed E-state index contributed by atoms with van der Waals surface area (Å²) >= 11 is 5.83. The molecule has 0 unspecified atom stereocenters. The van der Waals surface area contributed by atoms with E-state index in [1.807, 2.05) is 35.9 Å². The summed E-state index contributed by atoms with van der Waals surface area (Å²) in [7, 11) is 1.85. The minimum absolute atomic E-state index is 0.225. The predicted octanol–water partition coefficient (Wildman–Crippen LogP) is 4.05. The van der Waals surface area contributed by atoms with Crippen LogP contribution in [0.25, 0.3) is 22.7 Å². The van der Waals surface area contributed by atoms with Crippen LogP contribution in [0.15, 0.2) is 71.8 Å². The van der Waals surface area contributed by atoms with Gasteiger partial charge in [0.1, 0.15) is 12.4 Å². The molecule has 4 aromatic rings. The fourth-order valence-electron chi connectivity index (χ4n) is 3.22. The van der Waals surface area contributed by atoms with Gasteiger partial charge in [-0.15, -0.1) is 0 Å². The van der Waals surface area contributed by atoms with Crippen LogP contribution in [0, 0.1) is 0 Å². The van der Waals surface area contributed by atoms with Crippen LogP contribution in [0.1, 0.15) is 11.4 Å². The number of ether oxygens (including phenoxy) is 1. The van der Waals surface area contributed by atoms with E-state index in [0.717, 1.165) is 22.7 Å². The molecule has 0 fully saturated rings. The summed E-state index contributed by atoms with van der Waals surface area (Å²) in [4.78, 5) is 27.6. The lowest BCUT2D eigenvalue weighted by atomic mass is 10.2. The Bertz CT molecular complexity index is 1350. The van der Waals surface area contributed by atoms with Gasteiger partial charge in [-0.05, 0) is 42.5 Å². The monoisotopic (exact) mass is 435 g/mol. The summed E-state index contributed by atoms with van der Waals surface area (Å²) in [6.45, 7) is 0.225. The van der Waals surface area contributed by atoms with Crippen molar-refractivity contribution in [2.45, 2.75) is 6.61 Å². The van der Waals surface area contributed by atoms with Gasteiger partial charge in [-0.2, -0.15) is 0 Å². The number of nitrogens with zero attached hydrogens (tertiary/aromatic N) is 3. The normalized spacial score (nSPS) is 11.3. The standard InChI is InChI=1S/C23H18ClN3O4/c1-26-18(6-7-23(29)30)10-15-2-5-19(11-21(15)26)27-9-8-20(12-22(27)28)31-14-17-4-3-16(24)13-25-17/h2-13H,14H2,1H3,(H,29,30)/b7-6+. The molecule has 0 saturated heterocycles. The quantitative estimate of drug-likeness (QED) is 0.462. The van der Waals surface area contributed by atoms with Crippen LogP contribution < -0.4 is 10.3 Å². The zero-order valence-electron chi connectivity index (χ0n) is 16.5. The molecule has 0 atom stereocenters. The van der Waals surface area contributed by atoms with Crippen molar-refractivity contribution in [3.8, 4) is 11.4 Å². The summed E-state index contributed by atoms with van der Waals surface area (Å²) in [6.07, 6.45) is 5.83. The van der Waals surface area contributed by atoms with Gasteiger partial charge in [0.2, 0.25) is 0 Å². The molecular formula is C23H18ClN3O4. The van der Waals surface area contributed by atoms with Crippen LogP contribution in [0.3, 0.4) is 0 Å². The third-order valence-electron chi connectivity index (χ3n) is 4.81. The van der Waals surface area contributed by atoms with Gasteiger partial charge in [-0.3, -0.25) is 14.3 Å². The van der Waals surface area contributed by atoms with Gasteiger partial charge in [0.15, 0.2) is 0 Å². The Morgan fingerprint density at radius 3 is 2.74 bits per heavy atom. The lowest BCUT2D eigenvalue weighted by Crippen LogP contribution is -2.16. The maximum atomic E-state index is 12.7. The molecule has 3 heterocycles. The van der Waals surface area contributed by atoms with Crippen LogP contribution in [0.4, 0.5) is 0 Å². The second-order valence-electron chi connectivity index (χ2n) is 6.87. The first-order chi connectivity index (χ1) is 14.9. The van der Waals surface area contributed by atoms with E-state index in [0.29, 0.717) is 22.2 Å². The average Bonchev–Trinajstić information content (AvgIpc) is 3.07. The predicted molar refractivity (Wildman–Crippen MR) is 119 cm³/mol. The highest BCUT2D eigenvalue weighted by molar-refractivity contribution is 6.30. The van der Waals surface area contributed by atoms with E-state index in [9.17, 15) is 9.59 Å².